The Balaban J connectivity index is 1.36. The van der Waals surface area contributed by atoms with Crippen LogP contribution in [0.5, 0.6) is 0 Å². The highest BCUT2D eigenvalue weighted by Gasteiger charge is 2.34. The van der Waals surface area contributed by atoms with Gasteiger partial charge in [0.2, 0.25) is 11.8 Å². The van der Waals surface area contributed by atoms with Crippen LogP contribution in [0.2, 0.25) is 0 Å². The number of carbonyl (C=O) groups excluding carboxylic acids is 1. The second-order valence-electron chi connectivity index (χ2n) is 7.60. The fourth-order valence-electron chi connectivity index (χ4n) is 2.78. The first-order chi connectivity index (χ1) is 12.9. The van der Waals surface area contributed by atoms with Gasteiger partial charge in [0.15, 0.2) is 5.82 Å². The second kappa shape index (κ2) is 6.49. The Labute approximate surface area is 156 Å². The average Bonchev–Trinajstić information content (AvgIpc) is 3.25. The minimum Gasteiger partial charge on any atom is -0.355 e. The lowest BCUT2D eigenvalue weighted by atomic mass is 9.92. The topological polar surface area (TPSA) is 102 Å². The van der Waals surface area contributed by atoms with Crippen molar-refractivity contribution in [3.8, 4) is 5.82 Å². The van der Waals surface area contributed by atoms with E-state index in [1.54, 1.807) is 16.9 Å². The van der Waals surface area contributed by atoms with E-state index >= 15 is 0 Å². The summed E-state index contributed by atoms with van der Waals surface area (Å²) in [4.78, 5) is 23.0. The average molecular weight is 367 g/mol. The number of rotatable bonds is 4. The van der Waals surface area contributed by atoms with Crippen molar-refractivity contribution in [2.45, 2.75) is 26.2 Å². The van der Waals surface area contributed by atoms with Gasteiger partial charge in [-0.1, -0.05) is 25.9 Å². The zero-order valence-electron chi connectivity index (χ0n) is 15.5. The van der Waals surface area contributed by atoms with E-state index in [1.165, 1.54) is 6.33 Å². The normalized spacial score (nSPS) is 14.9. The number of nitrogens with one attached hydrogen (secondary N) is 1. The molecule has 0 aliphatic carbocycles. The molecule has 4 heterocycles. The number of carbonyl (C=O) groups is 1. The lowest BCUT2D eigenvalue weighted by Crippen LogP contribution is -2.52. The third kappa shape index (κ3) is 3.53. The molecular formula is C18H21N7O2. The van der Waals surface area contributed by atoms with E-state index in [4.69, 9.17) is 4.52 Å². The molecule has 0 spiro atoms. The largest absolute Gasteiger partial charge is 0.355 e. The van der Waals surface area contributed by atoms with Crippen LogP contribution in [-0.4, -0.2) is 43.9 Å². The maximum absolute atomic E-state index is 12.4. The van der Waals surface area contributed by atoms with Crippen LogP contribution in [0.1, 0.15) is 26.5 Å². The predicted octanol–water partition coefficient (Wildman–Crippen LogP) is 2.02. The third-order valence-corrected chi connectivity index (χ3v) is 4.48. The number of amides is 1. The van der Waals surface area contributed by atoms with E-state index in [2.05, 4.69) is 25.5 Å². The highest BCUT2D eigenvalue weighted by Crippen LogP contribution is 2.26. The minimum atomic E-state index is -0.128. The molecule has 9 heteroatoms. The van der Waals surface area contributed by atoms with Crippen molar-refractivity contribution < 1.29 is 9.32 Å². The Kier molecular flexibility index (Phi) is 4.14. The summed E-state index contributed by atoms with van der Waals surface area (Å²) < 4.78 is 6.90. The Hall–Kier alpha value is -3.23. The molecule has 3 aromatic heterocycles. The van der Waals surface area contributed by atoms with Crippen molar-refractivity contribution in [1.29, 1.82) is 0 Å². The van der Waals surface area contributed by atoms with E-state index in [1.807, 2.05) is 44.0 Å². The first kappa shape index (κ1) is 17.2. The first-order valence-electron chi connectivity index (χ1n) is 8.75. The molecular weight excluding hydrogens is 346 g/mol. The minimum absolute atomic E-state index is 0.0794. The van der Waals surface area contributed by atoms with E-state index in [9.17, 15) is 4.79 Å². The van der Waals surface area contributed by atoms with Crippen LogP contribution in [0, 0.1) is 5.92 Å². The molecule has 1 aliphatic heterocycles. The number of hydrogen-bond donors (Lipinski definition) is 1. The standard InChI is InChI=1S/C18H21N7O2/c1-18(2,3)13-7-16(27-23-13)22-17(26)12-9-24(10-12)14-8-15(20-11-19-14)25-6-4-5-21-25/h4-8,11-12H,9-10H2,1-3H3,(H,22,26). The molecule has 4 rings (SSSR count). The lowest BCUT2D eigenvalue weighted by molar-refractivity contribution is -0.120. The SMILES string of the molecule is CC(C)(C)c1cc(NC(=O)C2CN(c3cc(-n4cccn4)ncn3)C2)on1. The summed E-state index contributed by atoms with van der Waals surface area (Å²) in [5, 5.41) is 11.0. The van der Waals surface area contributed by atoms with Gasteiger partial charge in [0, 0.05) is 43.0 Å². The molecule has 1 aliphatic rings. The van der Waals surface area contributed by atoms with Gasteiger partial charge in [0.1, 0.15) is 12.1 Å². The Morgan fingerprint density at radius 2 is 2.00 bits per heavy atom. The second-order valence-corrected chi connectivity index (χ2v) is 7.60. The van der Waals surface area contributed by atoms with Gasteiger partial charge in [-0.25, -0.2) is 14.6 Å². The van der Waals surface area contributed by atoms with Crippen molar-refractivity contribution in [3.05, 3.63) is 42.6 Å². The Bertz CT molecular complexity index is 937. The summed E-state index contributed by atoms with van der Waals surface area (Å²) in [5.74, 6) is 1.63. The third-order valence-electron chi connectivity index (χ3n) is 4.48. The monoisotopic (exact) mass is 367 g/mol. The van der Waals surface area contributed by atoms with Crippen LogP contribution >= 0.6 is 0 Å². The molecule has 0 radical (unpaired) electrons. The van der Waals surface area contributed by atoms with Crippen molar-refractivity contribution in [3.63, 3.8) is 0 Å². The van der Waals surface area contributed by atoms with Crippen LogP contribution in [0.15, 0.2) is 41.4 Å². The number of aromatic nitrogens is 5. The van der Waals surface area contributed by atoms with Gasteiger partial charge in [-0.3, -0.25) is 10.1 Å². The van der Waals surface area contributed by atoms with Gasteiger partial charge >= 0.3 is 0 Å². The maximum Gasteiger partial charge on any atom is 0.233 e. The molecule has 0 aromatic carbocycles. The van der Waals surface area contributed by atoms with Crippen LogP contribution in [0.3, 0.4) is 0 Å². The summed E-state index contributed by atoms with van der Waals surface area (Å²) in [6.45, 7) is 7.29. The maximum atomic E-state index is 12.4. The van der Waals surface area contributed by atoms with E-state index < -0.39 is 0 Å². The Morgan fingerprint density at radius 3 is 2.67 bits per heavy atom. The predicted molar refractivity (Wildman–Crippen MR) is 98.7 cm³/mol. The molecule has 1 amide bonds. The molecule has 27 heavy (non-hydrogen) atoms. The summed E-state index contributed by atoms with van der Waals surface area (Å²) in [7, 11) is 0. The number of hydrogen-bond acceptors (Lipinski definition) is 7. The summed E-state index contributed by atoms with van der Waals surface area (Å²) in [6, 6.07) is 5.46. The molecule has 1 saturated heterocycles. The van der Waals surface area contributed by atoms with Crippen molar-refractivity contribution in [2.24, 2.45) is 5.92 Å². The molecule has 1 fully saturated rings. The van der Waals surface area contributed by atoms with Gasteiger partial charge in [0.25, 0.3) is 0 Å². The van der Waals surface area contributed by atoms with Crippen LogP contribution in [-0.2, 0) is 10.2 Å². The van der Waals surface area contributed by atoms with Gasteiger partial charge < -0.3 is 9.42 Å². The van der Waals surface area contributed by atoms with Gasteiger partial charge in [-0.15, -0.1) is 0 Å². The zero-order chi connectivity index (χ0) is 19.0. The summed E-state index contributed by atoms with van der Waals surface area (Å²) >= 11 is 0. The zero-order valence-corrected chi connectivity index (χ0v) is 15.5. The summed E-state index contributed by atoms with van der Waals surface area (Å²) in [5.41, 5.74) is 0.680. The number of anilines is 2. The fourth-order valence-corrected chi connectivity index (χ4v) is 2.78. The van der Waals surface area contributed by atoms with Crippen LogP contribution in [0.4, 0.5) is 11.7 Å². The first-order valence-corrected chi connectivity index (χ1v) is 8.75. The quantitative estimate of drug-likeness (QED) is 0.752. The molecule has 0 saturated carbocycles. The molecule has 0 atom stereocenters. The van der Waals surface area contributed by atoms with Gasteiger partial charge in [0.05, 0.1) is 11.6 Å². The van der Waals surface area contributed by atoms with E-state index in [0.29, 0.717) is 24.8 Å². The fraction of sp³-hybridized carbons (Fsp3) is 0.389. The Morgan fingerprint density at radius 1 is 1.22 bits per heavy atom. The van der Waals surface area contributed by atoms with Gasteiger partial charge in [-0.05, 0) is 6.07 Å². The molecule has 3 aromatic rings. The van der Waals surface area contributed by atoms with Gasteiger partial charge in [-0.2, -0.15) is 5.10 Å². The molecule has 0 unspecified atom stereocenters. The molecule has 0 bridgehead atoms. The van der Waals surface area contributed by atoms with E-state index in [0.717, 1.165) is 11.5 Å². The molecule has 140 valence electrons. The molecule has 9 nitrogen and oxygen atoms in total. The number of nitrogens with zero attached hydrogens (tertiary/aromatic N) is 6. The highest BCUT2D eigenvalue weighted by molar-refractivity contribution is 5.93. The van der Waals surface area contributed by atoms with Crippen molar-refractivity contribution >= 4 is 17.6 Å². The molecule has 1 N–H and O–H groups in total. The van der Waals surface area contributed by atoms with Crippen LogP contribution in [0.25, 0.3) is 5.82 Å². The lowest BCUT2D eigenvalue weighted by Gasteiger charge is -2.38. The van der Waals surface area contributed by atoms with E-state index in [-0.39, 0.29) is 17.2 Å². The van der Waals surface area contributed by atoms with Crippen molar-refractivity contribution in [1.82, 2.24) is 24.9 Å². The van der Waals surface area contributed by atoms with Crippen LogP contribution < -0.4 is 10.2 Å². The van der Waals surface area contributed by atoms with Crippen molar-refractivity contribution in [2.75, 3.05) is 23.3 Å². The summed E-state index contributed by atoms with van der Waals surface area (Å²) in [6.07, 6.45) is 5.02. The smallest absolute Gasteiger partial charge is 0.233 e. The highest BCUT2D eigenvalue weighted by atomic mass is 16.5.